The van der Waals surface area contributed by atoms with E-state index in [1.807, 2.05) is 11.3 Å². The Balaban J connectivity index is 2.02. The highest BCUT2D eigenvalue weighted by molar-refractivity contribution is 7.17. The van der Waals surface area contributed by atoms with Crippen LogP contribution in [0.15, 0.2) is 36.2 Å². The summed E-state index contributed by atoms with van der Waals surface area (Å²) in [5, 5.41) is 3.59. The lowest BCUT2D eigenvalue weighted by molar-refractivity contribution is 0.495. The molecule has 0 saturated carbocycles. The Morgan fingerprint density at radius 1 is 1.19 bits per heavy atom. The molecule has 1 fully saturated rings. The lowest BCUT2D eigenvalue weighted by atomic mass is 10.1. The van der Waals surface area contributed by atoms with Gasteiger partial charge in [-0.05, 0) is 18.9 Å². The van der Waals surface area contributed by atoms with Crippen molar-refractivity contribution in [2.75, 3.05) is 13.1 Å². The molecule has 1 saturated heterocycles. The first-order chi connectivity index (χ1) is 7.86. The first-order valence-electron chi connectivity index (χ1n) is 5.77. The van der Waals surface area contributed by atoms with E-state index < -0.39 is 0 Å². The third-order valence-corrected chi connectivity index (χ3v) is 4.24. The fourth-order valence-corrected chi connectivity index (χ4v) is 3.33. The molecule has 1 aromatic carbocycles. The van der Waals surface area contributed by atoms with Crippen molar-refractivity contribution in [3.63, 3.8) is 0 Å². The Bertz CT molecular complexity index is 520. The highest BCUT2D eigenvalue weighted by atomic mass is 32.1. The maximum atomic E-state index is 4.26. The average Bonchev–Trinajstić information content (AvgIpc) is 2.98. The number of nitrogens with zero attached hydrogens (tertiary/aromatic N) is 1. The fraction of sp³-hybridized carbons (Fsp3) is 0.286. The van der Waals surface area contributed by atoms with Gasteiger partial charge in [0.15, 0.2) is 0 Å². The molecule has 2 heterocycles. The summed E-state index contributed by atoms with van der Waals surface area (Å²) in [6.45, 7) is 6.60. The fourth-order valence-electron chi connectivity index (χ4n) is 2.36. The van der Waals surface area contributed by atoms with Gasteiger partial charge in [0.1, 0.15) is 0 Å². The molecule has 0 unspecified atom stereocenters. The molecule has 1 nitrogen and oxygen atoms in total. The van der Waals surface area contributed by atoms with Crippen LogP contribution in [-0.2, 0) is 0 Å². The number of hydrogen-bond acceptors (Lipinski definition) is 2. The van der Waals surface area contributed by atoms with Gasteiger partial charge >= 0.3 is 0 Å². The van der Waals surface area contributed by atoms with Gasteiger partial charge in [-0.1, -0.05) is 24.8 Å². The van der Waals surface area contributed by atoms with Crippen molar-refractivity contribution in [1.29, 1.82) is 0 Å². The monoisotopic (exact) mass is 229 g/mol. The molecule has 0 amide bonds. The highest BCUT2D eigenvalue weighted by Crippen LogP contribution is 2.32. The number of hydrogen-bond donors (Lipinski definition) is 0. The molecule has 0 spiro atoms. The minimum absolute atomic E-state index is 1.17. The smallest absolute Gasteiger partial charge is 0.0381 e. The second kappa shape index (κ2) is 3.95. The minimum atomic E-state index is 1.17. The first kappa shape index (κ1) is 9.91. The van der Waals surface area contributed by atoms with Crippen molar-refractivity contribution < 1.29 is 0 Å². The number of likely N-dealkylation sites (tertiary alicyclic amines) is 1. The Hall–Kier alpha value is -1.28. The second-order valence-corrected chi connectivity index (χ2v) is 5.20. The molecule has 1 aliphatic heterocycles. The van der Waals surface area contributed by atoms with Crippen LogP contribution in [0.2, 0.25) is 0 Å². The summed E-state index contributed by atoms with van der Waals surface area (Å²) in [6.07, 6.45) is 2.61. The molecule has 2 aromatic rings. The largest absolute Gasteiger partial charge is 0.371 e. The van der Waals surface area contributed by atoms with Gasteiger partial charge in [0.2, 0.25) is 0 Å². The van der Waals surface area contributed by atoms with E-state index in [1.165, 1.54) is 47.3 Å². The van der Waals surface area contributed by atoms with Gasteiger partial charge in [0.25, 0.3) is 0 Å². The van der Waals surface area contributed by atoms with Crippen LogP contribution in [0.1, 0.15) is 18.4 Å². The van der Waals surface area contributed by atoms with Gasteiger partial charge in [-0.25, -0.2) is 0 Å². The number of rotatable bonds is 2. The zero-order valence-electron chi connectivity index (χ0n) is 9.28. The Labute approximate surface area is 100 Å². The Kier molecular flexibility index (Phi) is 2.44. The summed E-state index contributed by atoms with van der Waals surface area (Å²) < 4.78 is 1.36. The normalized spacial score (nSPS) is 15.9. The SMILES string of the molecule is C=C(c1csc2ccccc12)N1CCCC1. The molecule has 0 atom stereocenters. The predicted molar refractivity (Wildman–Crippen MR) is 71.7 cm³/mol. The molecule has 3 rings (SSSR count). The summed E-state index contributed by atoms with van der Waals surface area (Å²) in [7, 11) is 0. The zero-order valence-corrected chi connectivity index (χ0v) is 10.1. The molecule has 0 aliphatic carbocycles. The van der Waals surface area contributed by atoms with Gasteiger partial charge in [0.05, 0.1) is 0 Å². The third kappa shape index (κ3) is 1.54. The molecule has 1 aliphatic rings. The molecule has 0 N–H and O–H groups in total. The van der Waals surface area contributed by atoms with Gasteiger partial charge in [-0.2, -0.15) is 0 Å². The summed E-state index contributed by atoms with van der Waals surface area (Å²) in [6, 6.07) is 8.58. The van der Waals surface area contributed by atoms with Crippen molar-refractivity contribution in [2.45, 2.75) is 12.8 Å². The van der Waals surface area contributed by atoms with Crippen LogP contribution in [0, 0.1) is 0 Å². The Morgan fingerprint density at radius 3 is 2.75 bits per heavy atom. The molecule has 2 heteroatoms. The van der Waals surface area contributed by atoms with Crippen LogP contribution in [0.5, 0.6) is 0 Å². The maximum absolute atomic E-state index is 4.26. The van der Waals surface area contributed by atoms with Crippen molar-refractivity contribution in [3.8, 4) is 0 Å². The van der Waals surface area contributed by atoms with E-state index in [2.05, 4.69) is 41.1 Å². The first-order valence-corrected chi connectivity index (χ1v) is 6.65. The maximum Gasteiger partial charge on any atom is 0.0381 e. The lowest BCUT2D eigenvalue weighted by Crippen LogP contribution is -2.16. The molecule has 1 aromatic heterocycles. The van der Waals surface area contributed by atoms with Crippen LogP contribution in [-0.4, -0.2) is 18.0 Å². The molecule has 82 valence electrons. The minimum Gasteiger partial charge on any atom is -0.371 e. The number of benzene rings is 1. The van der Waals surface area contributed by atoms with Crippen molar-refractivity contribution in [1.82, 2.24) is 4.90 Å². The predicted octanol–water partition coefficient (Wildman–Crippen LogP) is 3.97. The van der Waals surface area contributed by atoms with Crippen LogP contribution in [0.4, 0.5) is 0 Å². The summed E-state index contributed by atoms with van der Waals surface area (Å²) in [4.78, 5) is 2.41. The van der Waals surface area contributed by atoms with Gasteiger partial charge in [0, 0.05) is 39.8 Å². The van der Waals surface area contributed by atoms with E-state index in [4.69, 9.17) is 0 Å². The van der Waals surface area contributed by atoms with Gasteiger partial charge in [-0.15, -0.1) is 11.3 Å². The number of fused-ring (bicyclic) bond motifs is 1. The summed E-state index contributed by atoms with van der Waals surface area (Å²) in [5.41, 5.74) is 2.53. The lowest BCUT2D eigenvalue weighted by Gasteiger charge is -2.19. The van der Waals surface area contributed by atoms with Crippen LogP contribution in [0.3, 0.4) is 0 Å². The summed E-state index contributed by atoms with van der Waals surface area (Å²) in [5.74, 6) is 0. The van der Waals surface area contributed by atoms with Crippen molar-refractivity contribution in [3.05, 3.63) is 41.8 Å². The second-order valence-electron chi connectivity index (χ2n) is 4.29. The van der Waals surface area contributed by atoms with Crippen LogP contribution in [0.25, 0.3) is 15.8 Å². The third-order valence-electron chi connectivity index (χ3n) is 3.28. The highest BCUT2D eigenvalue weighted by Gasteiger charge is 2.16. The van der Waals surface area contributed by atoms with Crippen LogP contribution < -0.4 is 0 Å². The van der Waals surface area contributed by atoms with Crippen molar-refractivity contribution in [2.24, 2.45) is 0 Å². The van der Waals surface area contributed by atoms with E-state index in [0.717, 1.165) is 0 Å². The van der Waals surface area contributed by atoms with E-state index in [9.17, 15) is 0 Å². The Morgan fingerprint density at radius 2 is 1.94 bits per heavy atom. The molecule has 0 bridgehead atoms. The van der Waals surface area contributed by atoms with E-state index in [1.54, 1.807) is 0 Å². The number of thiophene rings is 1. The average molecular weight is 229 g/mol. The van der Waals surface area contributed by atoms with Gasteiger partial charge in [-0.3, -0.25) is 0 Å². The summed E-state index contributed by atoms with van der Waals surface area (Å²) >= 11 is 1.81. The quantitative estimate of drug-likeness (QED) is 0.753. The van der Waals surface area contributed by atoms with Crippen molar-refractivity contribution >= 4 is 27.1 Å². The molecular formula is C14H15NS. The zero-order chi connectivity index (χ0) is 11.0. The molecular weight excluding hydrogens is 214 g/mol. The standard InChI is InChI=1S/C14H15NS/c1-11(15-8-4-5-9-15)13-10-16-14-7-3-2-6-12(13)14/h2-3,6-7,10H,1,4-5,8-9H2. The topological polar surface area (TPSA) is 3.24 Å². The van der Waals surface area contributed by atoms with Gasteiger partial charge < -0.3 is 4.90 Å². The van der Waals surface area contributed by atoms with E-state index in [-0.39, 0.29) is 0 Å². The van der Waals surface area contributed by atoms with Crippen LogP contribution >= 0.6 is 11.3 Å². The van der Waals surface area contributed by atoms with E-state index in [0.29, 0.717) is 0 Å². The molecule has 0 radical (unpaired) electrons. The van der Waals surface area contributed by atoms with E-state index >= 15 is 0 Å². The molecule has 16 heavy (non-hydrogen) atoms.